The van der Waals surface area contributed by atoms with Gasteiger partial charge >= 0.3 is 0 Å². The van der Waals surface area contributed by atoms with Gasteiger partial charge in [0.1, 0.15) is 0 Å². The Morgan fingerprint density at radius 2 is 2.41 bits per heavy atom. The maximum atomic E-state index is 5.73. The Morgan fingerprint density at radius 3 is 3.00 bits per heavy atom. The maximum Gasteiger partial charge on any atom is 0.263 e. The second-order valence-corrected chi connectivity index (χ2v) is 4.03. The summed E-state index contributed by atoms with van der Waals surface area (Å²) in [4.78, 5) is 1.06. The summed E-state index contributed by atoms with van der Waals surface area (Å²) in [5, 5.41) is 13.8. The van der Waals surface area contributed by atoms with Crippen molar-refractivity contribution in [2.24, 2.45) is 5.10 Å². The second kappa shape index (κ2) is 6.21. The van der Waals surface area contributed by atoms with E-state index in [-0.39, 0.29) is 12.4 Å². The van der Waals surface area contributed by atoms with E-state index in [4.69, 9.17) is 5.84 Å². The molecular weight excluding hydrogens is 260 g/mol. The van der Waals surface area contributed by atoms with Crippen LogP contribution < -0.4 is 23.7 Å². The van der Waals surface area contributed by atoms with Gasteiger partial charge in [-0.3, -0.25) is 0 Å². The molecule has 0 aliphatic rings. The van der Waals surface area contributed by atoms with Gasteiger partial charge in [0.2, 0.25) is 0 Å². The van der Waals surface area contributed by atoms with Crippen LogP contribution >= 0.6 is 11.3 Å². The van der Waals surface area contributed by atoms with Crippen molar-refractivity contribution in [3.05, 3.63) is 28.2 Å². The highest BCUT2D eigenvalue weighted by Gasteiger charge is 2.05. The van der Waals surface area contributed by atoms with Crippen LogP contribution in [0.2, 0.25) is 0 Å². The molecule has 6 nitrogen and oxygen atoms in total. The van der Waals surface area contributed by atoms with Gasteiger partial charge in [0.05, 0.1) is 6.21 Å². The summed E-state index contributed by atoms with van der Waals surface area (Å²) >= 11 is 1.61. The Hall–Kier alpha value is -1.60. The molecule has 2 aromatic heterocycles. The topological polar surface area (TPSA) is 81.1 Å². The Morgan fingerprint density at radius 1 is 1.59 bits per heavy atom. The Labute approximate surface area is 109 Å². The lowest BCUT2D eigenvalue weighted by Crippen LogP contribution is -3.00. The Balaban J connectivity index is 0.00000144. The molecule has 0 atom stereocenters. The molecule has 0 aromatic carbocycles. The SMILES string of the molecule is CCc1nnc(NN=Cc2cccs2)n1N.[Cl-]. The van der Waals surface area contributed by atoms with Gasteiger partial charge in [0.15, 0.2) is 5.82 Å². The largest absolute Gasteiger partial charge is 1.00 e. The second-order valence-electron chi connectivity index (χ2n) is 3.05. The third-order valence-electron chi connectivity index (χ3n) is 1.98. The molecule has 0 amide bonds. The summed E-state index contributed by atoms with van der Waals surface area (Å²) in [6.45, 7) is 1.96. The molecule has 2 aromatic rings. The van der Waals surface area contributed by atoms with Gasteiger partial charge < -0.3 is 18.2 Å². The number of nitrogens with two attached hydrogens (primary N) is 1. The molecule has 92 valence electrons. The zero-order valence-electron chi connectivity index (χ0n) is 9.17. The van der Waals surface area contributed by atoms with E-state index in [1.807, 2.05) is 24.4 Å². The quantitative estimate of drug-likeness (QED) is 0.385. The number of aryl methyl sites for hydroxylation is 1. The van der Waals surface area contributed by atoms with Crippen molar-refractivity contribution in [2.75, 3.05) is 11.3 Å². The highest BCUT2D eigenvalue weighted by Crippen LogP contribution is 2.06. The summed E-state index contributed by atoms with van der Waals surface area (Å²) in [5.74, 6) is 6.88. The van der Waals surface area contributed by atoms with Crippen LogP contribution in [0.5, 0.6) is 0 Å². The minimum Gasteiger partial charge on any atom is -1.00 e. The van der Waals surface area contributed by atoms with Gasteiger partial charge in [-0.25, -0.2) is 10.1 Å². The molecule has 8 heteroatoms. The van der Waals surface area contributed by atoms with Crippen LogP contribution in [0.4, 0.5) is 5.95 Å². The number of nitrogen functional groups attached to an aromatic ring is 1. The predicted molar refractivity (Wildman–Crippen MR) is 65.1 cm³/mol. The number of anilines is 1. The molecule has 0 fully saturated rings. The fraction of sp³-hybridized carbons (Fsp3) is 0.222. The average molecular weight is 272 g/mol. The van der Waals surface area contributed by atoms with Gasteiger partial charge in [-0.05, 0) is 11.4 Å². The van der Waals surface area contributed by atoms with Gasteiger partial charge in [0.25, 0.3) is 5.95 Å². The molecule has 17 heavy (non-hydrogen) atoms. The summed E-state index contributed by atoms with van der Waals surface area (Å²) in [5.41, 5.74) is 2.75. The van der Waals surface area contributed by atoms with Crippen molar-refractivity contribution >= 4 is 23.5 Å². The van der Waals surface area contributed by atoms with Crippen LogP contribution in [0.1, 0.15) is 17.6 Å². The van der Waals surface area contributed by atoms with E-state index in [1.165, 1.54) is 4.68 Å². The van der Waals surface area contributed by atoms with Gasteiger partial charge in [-0.1, -0.05) is 13.0 Å². The van der Waals surface area contributed by atoms with Crippen molar-refractivity contribution in [1.82, 2.24) is 14.9 Å². The smallest absolute Gasteiger partial charge is 0.263 e. The van der Waals surface area contributed by atoms with E-state index in [1.54, 1.807) is 17.6 Å². The number of halogens is 1. The molecule has 0 aliphatic heterocycles. The van der Waals surface area contributed by atoms with E-state index in [0.717, 1.165) is 11.3 Å². The highest BCUT2D eigenvalue weighted by molar-refractivity contribution is 7.11. The molecule has 0 aliphatic carbocycles. The Kier molecular flexibility index (Phi) is 4.92. The van der Waals surface area contributed by atoms with Crippen LogP contribution in [0.25, 0.3) is 0 Å². The first kappa shape index (κ1) is 13.5. The van der Waals surface area contributed by atoms with Crippen LogP contribution in [-0.2, 0) is 6.42 Å². The molecule has 2 heterocycles. The lowest BCUT2D eigenvalue weighted by molar-refractivity contribution is -0.00000338. The third-order valence-corrected chi connectivity index (χ3v) is 2.79. The maximum absolute atomic E-state index is 5.73. The normalized spacial score (nSPS) is 10.4. The fourth-order valence-electron chi connectivity index (χ4n) is 1.16. The van der Waals surface area contributed by atoms with E-state index in [0.29, 0.717) is 11.8 Å². The van der Waals surface area contributed by atoms with Gasteiger partial charge in [0, 0.05) is 11.3 Å². The fourth-order valence-corrected chi connectivity index (χ4v) is 1.74. The number of thiophene rings is 1. The number of nitrogens with zero attached hydrogens (tertiary/aromatic N) is 4. The molecule has 0 spiro atoms. The van der Waals surface area contributed by atoms with E-state index >= 15 is 0 Å². The van der Waals surface area contributed by atoms with E-state index < -0.39 is 0 Å². The minimum absolute atomic E-state index is 0. The summed E-state index contributed by atoms with van der Waals surface area (Å²) in [6, 6.07) is 3.94. The standard InChI is InChI=1S/C9H12N6S.ClH/c1-2-8-12-14-9(15(8)10)13-11-6-7-4-3-5-16-7;/h3-6H,2,10H2,1H3,(H,13,14);1H/p-1. The van der Waals surface area contributed by atoms with Gasteiger partial charge in [-0.15, -0.1) is 21.5 Å². The van der Waals surface area contributed by atoms with Crippen molar-refractivity contribution in [1.29, 1.82) is 0 Å². The van der Waals surface area contributed by atoms with E-state index in [2.05, 4.69) is 20.7 Å². The molecular formula is C9H12ClN6S-. The number of rotatable bonds is 4. The van der Waals surface area contributed by atoms with Crippen molar-refractivity contribution in [3.8, 4) is 0 Å². The van der Waals surface area contributed by atoms with Crippen LogP contribution in [0.3, 0.4) is 0 Å². The molecule has 0 bridgehead atoms. The first-order valence-corrected chi connectivity index (χ1v) is 5.71. The third kappa shape index (κ3) is 3.18. The van der Waals surface area contributed by atoms with Gasteiger partial charge in [-0.2, -0.15) is 5.10 Å². The molecule has 0 unspecified atom stereocenters. The molecule has 0 radical (unpaired) electrons. The van der Waals surface area contributed by atoms with Crippen LogP contribution in [0, 0.1) is 0 Å². The van der Waals surface area contributed by atoms with Crippen molar-refractivity contribution in [2.45, 2.75) is 13.3 Å². The summed E-state index contributed by atoms with van der Waals surface area (Å²) < 4.78 is 1.39. The number of hydrogen-bond donors (Lipinski definition) is 2. The monoisotopic (exact) mass is 271 g/mol. The lowest BCUT2D eigenvalue weighted by Gasteiger charge is -1.99. The van der Waals surface area contributed by atoms with Crippen molar-refractivity contribution in [3.63, 3.8) is 0 Å². The first-order chi connectivity index (χ1) is 7.81. The lowest BCUT2D eigenvalue weighted by atomic mass is 10.5. The van der Waals surface area contributed by atoms with Crippen molar-refractivity contribution < 1.29 is 12.4 Å². The molecule has 3 N–H and O–H groups in total. The summed E-state index contributed by atoms with van der Waals surface area (Å²) in [6.07, 6.45) is 2.45. The highest BCUT2D eigenvalue weighted by atomic mass is 35.5. The molecule has 0 saturated carbocycles. The van der Waals surface area contributed by atoms with Crippen LogP contribution in [0.15, 0.2) is 22.6 Å². The minimum atomic E-state index is 0. The number of hydrazone groups is 1. The zero-order chi connectivity index (χ0) is 11.4. The predicted octanol–water partition coefficient (Wildman–Crippen LogP) is -1.93. The molecule has 2 rings (SSSR count). The zero-order valence-corrected chi connectivity index (χ0v) is 10.7. The number of aromatic nitrogens is 3. The van der Waals surface area contributed by atoms with Crippen LogP contribution in [-0.4, -0.2) is 21.1 Å². The number of hydrogen-bond acceptors (Lipinski definition) is 6. The Bertz CT molecular complexity index is 478. The molecule has 0 saturated heterocycles. The number of nitrogens with one attached hydrogen (secondary N) is 1. The average Bonchev–Trinajstić information content (AvgIpc) is 2.90. The van der Waals surface area contributed by atoms with E-state index in [9.17, 15) is 0 Å². The summed E-state index contributed by atoms with van der Waals surface area (Å²) in [7, 11) is 0. The first-order valence-electron chi connectivity index (χ1n) is 4.83.